The lowest BCUT2D eigenvalue weighted by atomic mass is 10.00. The molecule has 0 radical (unpaired) electrons. The third kappa shape index (κ3) is 4.08. The van der Waals surface area contributed by atoms with Crippen molar-refractivity contribution in [2.75, 3.05) is 46.1 Å². The number of benzene rings is 2. The largest absolute Gasteiger partial charge is 0.477 e. The van der Waals surface area contributed by atoms with Crippen LogP contribution >= 0.6 is 0 Å². The molecule has 0 spiro atoms. The van der Waals surface area contributed by atoms with Crippen molar-refractivity contribution < 1.29 is 23.4 Å². The van der Waals surface area contributed by atoms with Crippen molar-refractivity contribution in [3.63, 3.8) is 0 Å². The second-order valence-corrected chi connectivity index (χ2v) is 8.14. The maximum absolute atomic E-state index is 13.5. The van der Waals surface area contributed by atoms with Gasteiger partial charge in [-0.1, -0.05) is 12.1 Å². The number of ether oxygens (including phenoxy) is 3. The minimum atomic E-state index is -0.352. The highest BCUT2D eigenvalue weighted by Gasteiger charge is 2.33. The van der Waals surface area contributed by atoms with Gasteiger partial charge in [-0.25, -0.2) is 4.39 Å². The van der Waals surface area contributed by atoms with Crippen LogP contribution in [0.5, 0.6) is 11.5 Å². The third-order valence-electron chi connectivity index (χ3n) is 5.98. The van der Waals surface area contributed by atoms with Gasteiger partial charge in [0.25, 0.3) is 0 Å². The molecule has 5 rings (SSSR count). The van der Waals surface area contributed by atoms with Crippen LogP contribution in [0.1, 0.15) is 27.0 Å². The minimum Gasteiger partial charge on any atom is -0.477 e. The van der Waals surface area contributed by atoms with Crippen molar-refractivity contribution >= 4 is 11.9 Å². The van der Waals surface area contributed by atoms with Gasteiger partial charge in [-0.05, 0) is 36.8 Å². The predicted molar refractivity (Wildman–Crippen MR) is 114 cm³/mol. The fraction of sp³-hybridized carbons (Fsp3) is 0.375. The number of halogens is 1. The highest BCUT2D eigenvalue weighted by molar-refractivity contribution is 6.15. The SMILES string of the molecule is Cc1c2c(cc3c1O/C(=C/c1cccc(F)c1)C3=O)CN(CCN1CCOCC1)CO2. The van der Waals surface area contributed by atoms with Crippen LogP contribution in [0, 0.1) is 12.7 Å². The lowest BCUT2D eigenvalue weighted by molar-refractivity contribution is 0.0239. The van der Waals surface area contributed by atoms with Crippen molar-refractivity contribution in [2.24, 2.45) is 0 Å². The van der Waals surface area contributed by atoms with Crippen LogP contribution in [0.25, 0.3) is 6.08 Å². The molecular formula is C24H25FN2O4. The summed E-state index contributed by atoms with van der Waals surface area (Å²) >= 11 is 0. The van der Waals surface area contributed by atoms with E-state index in [-0.39, 0.29) is 17.4 Å². The Morgan fingerprint density at radius 3 is 2.71 bits per heavy atom. The van der Waals surface area contributed by atoms with Crippen LogP contribution in [0.3, 0.4) is 0 Å². The lowest BCUT2D eigenvalue weighted by Gasteiger charge is -2.33. The van der Waals surface area contributed by atoms with Gasteiger partial charge in [-0.2, -0.15) is 0 Å². The number of hydrogen-bond donors (Lipinski definition) is 0. The number of ketones is 1. The number of nitrogens with zero attached hydrogens (tertiary/aromatic N) is 2. The van der Waals surface area contributed by atoms with Gasteiger partial charge in [0.1, 0.15) is 24.0 Å². The Hall–Kier alpha value is -2.74. The first-order valence-corrected chi connectivity index (χ1v) is 10.6. The summed E-state index contributed by atoms with van der Waals surface area (Å²) in [5.74, 6) is 0.995. The number of Topliss-reactive ketones (excluding diaryl/α,β-unsaturated/α-hetero) is 1. The number of carbonyl (C=O) groups is 1. The van der Waals surface area contributed by atoms with E-state index in [1.54, 1.807) is 18.2 Å². The molecule has 0 saturated carbocycles. The molecule has 0 aliphatic carbocycles. The van der Waals surface area contributed by atoms with Crippen LogP contribution < -0.4 is 9.47 Å². The maximum Gasteiger partial charge on any atom is 0.231 e. The molecule has 1 fully saturated rings. The van der Waals surface area contributed by atoms with E-state index in [0.29, 0.717) is 23.6 Å². The van der Waals surface area contributed by atoms with E-state index in [1.165, 1.54) is 12.1 Å². The second-order valence-electron chi connectivity index (χ2n) is 8.14. The van der Waals surface area contributed by atoms with Crippen molar-refractivity contribution in [3.05, 3.63) is 64.2 Å². The van der Waals surface area contributed by atoms with Gasteiger partial charge in [0, 0.05) is 43.9 Å². The fourth-order valence-electron chi connectivity index (χ4n) is 4.30. The molecule has 31 heavy (non-hydrogen) atoms. The first-order chi connectivity index (χ1) is 15.1. The Balaban J connectivity index is 1.34. The zero-order chi connectivity index (χ0) is 21.4. The van der Waals surface area contributed by atoms with Gasteiger partial charge in [-0.3, -0.25) is 14.6 Å². The minimum absolute atomic E-state index is 0.185. The quantitative estimate of drug-likeness (QED) is 0.703. The predicted octanol–water partition coefficient (Wildman–Crippen LogP) is 3.23. The Morgan fingerprint density at radius 1 is 1.10 bits per heavy atom. The molecule has 162 valence electrons. The highest BCUT2D eigenvalue weighted by Crippen LogP contribution is 2.43. The number of allylic oxidation sites excluding steroid dienone is 1. The molecule has 3 aliphatic rings. The Bertz CT molecular complexity index is 1050. The van der Waals surface area contributed by atoms with Gasteiger partial charge in [-0.15, -0.1) is 0 Å². The van der Waals surface area contributed by atoms with Crippen molar-refractivity contribution in [2.45, 2.75) is 13.5 Å². The molecule has 7 heteroatoms. The summed E-state index contributed by atoms with van der Waals surface area (Å²) in [6, 6.07) is 7.97. The molecule has 0 aromatic heterocycles. The molecule has 0 bridgehead atoms. The third-order valence-corrected chi connectivity index (χ3v) is 5.98. The van der Waals surface area contributed by atoms with Crippen LogP contribution in [0.2, 0.25) is 0 Å². The number of morpholine rings is 1. The molecule has 0 amide bonds. The average Bonchev–Trinajstić information content (AvgIpc) is 3.09. The van der Waals surface area contributed by atoms with Crippen molar-refractivity contribution in [3.8, 4) is 11.5 Å². The summed E-state index contributed by atoms with van der Waals surface area (Å²) in [6.45, 7) is 8.52. The summed E-state index contributed by atoms with van der Waals surface area (Å²) < 4.78 is 30.9. The van der Waals surface area contributed by atoms with Gasteiger partial charge in [0.05, 0.1) is 18.8 Å². The zero-order valence-electron chi connectivity index (χ0n) is 17.5. The summed E-state index contributed by atoms with van der Waals surface area (Å²) in [4.78, 5) is 17.6. The summed E-state index contributed by atoms with van der Waals surface area (Å²) in [6.07, 6.45) is 1.58. The average molecular weight is 424 g/mol. The normalized spacial score (nSPS) is 20.3. The summed E-state index contributed by atoms with van der Waals surface area (Å²) in [5, 5.41) is 0. The molecule has 2 aromatic carbocycles. The van der Waals surface area contributed by atoms with Crippen LogP contribution in [-0.2, 0) is 11.3 Å². The second kappa shape index (κ2) is 8.42. The number of carbonyl (C=O) groups excluding carboxylic acids is 1. The van der Waals surface area contributed by atoms with E-state index in [4.69, 9.17) is 14.2 Å². The molecule has 0 N–H and O–H groups in total. The first kappa shape index (κ1) is 20.2. The van der Waals surface area contributed by atoms with E-state index < -0.39 is 0 Å². The van der Waals surface area contributed by atoms with Gasteiger partial charge in [0.2, 0.25) is 5.78 Å². The maximum atomic E-state index is 13.5. The summed E-state index contributed by atoms with van der Waals surface area (Å²) in [5.41, 5.74) is 2.95. The van der Waals surface area contributed by atoms with E-state index in [2.05, 4.69) is 9.80 Å². The first-order valence-electron chi connectivity index (χ1n) is 10.6. The van der Waals surface area contributed by atoms with E-state index in [1.807, 2.05) is 13.0 Å². The van der Waals surface area contributed by atoms with E-state index in [9.17, 15) is 9.18 Å². The Morgan fingerprint density at radius 2 is 1.90 bits per heavy atom. The van der Waals surface area contributed by atoms with Gasteiger partial charge >= 0.3 is 0 Å². The summed E-state index contributed by atoms with van der Waals surface area (Å²) in [7, 11) is 0. The molecule has 0 atom stereocenters. The van der Waals surface area contributed by atoms with Crippen molar-refractivity contribution in [1.82, 2.24) is 9.80 Å². The van der Waals surface area contributed by atoms with Crippen LogP contribution in [0.4, 0.5) is 4.39 Å². The lowest BCUT2D eigenvalue weighted by Crippen LogP contribution is -2.43. The topological polar surface area (TPSA) is 51.2 Å². The van der Waals surface area contributed by atoms with Crippen LogP contribution in [-0.4, -0.2) is 61.7 Å². The molecule has 3 heterocycles. The highest BCUT2D eigenvalue weighted by atomic mass is 19.1. The molecule has 2 aromatic rings. The van der Waals surface area contributed by atoms with E-state index in [0.717, 1.165) is 62.8 Å². The van der Waals surface area contributed by atoms with Gasteiger partial charge < -0.3 is 14.2 Å². The molecule has 6 nitrogen and oxygen atoms in total. The number of fused-ring (bicyclic) bond motifs is 2. The van der Waals surface area contributed by atoms with E-state index >= 15 is 0 Å². The molecular weight excluding hydrogens is 399 g/mol. The standard InChI is InChI=1S/C24H25FN2O4/c1-16-23-18(14-27(15-30-23)6-5-26-7-9-29-10-8-26)13-20-22(28)21(31-24(16)20)12-17-3-2-4-19(25)11-17/h2-4,11-13H,5-10,14-15H2,1H3/b21-12+. The fourth-order valence-corrected chi connectivity index (χ4v) is 4.30. The molecule has 1 saturated heterocycles. The Kier molecular flexibility index (Phi) is 5.48. The van der Waals surface area contributed by atoms with Crippen molar-refractivity contribution in [1.29, 1.82) is 0 Å². The Labute approximate surface area is 180 Å². The molecule has 0 unspecified atom stereocenters. The number of rotatable bonds is 4. The zero-order valence-corrected chi connectivity index (χ0v) is 17.5. The monoisotopic (exact) mass is 424 g/mol. The number of hydrogen-bond acceptors (Lipinski definition) is 6. The molecule has 3 aliphatic heterocycles. The van der Waals surface area contributed by atoms with Crippen LogP contribution in [0.15, 0.2) is 36.1 Å². The van der Waals surface area contributed by atoms with Gasteiger partial charge in [0.15, 0.2) is 5.76 Å². The smallest absolute Gasteiger partial charge is 0.231 e.